The van der Waals surface area contributed by atoms with Crippen LogP contribution in [0.3, 0.4) is 0 Å². The number of carbonyl (C=O) groups excluding carboxylic acids is 1. The van der Waals surface area contributed by atoms with Crippen molar-refractivity contribution in [1.29, 1.82) is 0 Å². The molecule has 0 atom stereocenters. The van der Waals surface area contributed by atoms with E-state index in [0.717, 1.165) is 41.0 Å². The van der Waals surface area contributed by atoms with Crippen molar-refractivity contribution in [2.75, 3.05) is 19.8 Å². The fourth-order valence-electron chi connectivity index (χ4n) is 3.51. The van der Waals surface area contributed by atoms with Crippen molar-refractivity contribution in [3.05, 3.63) is 58.4 Å². The minimum absolute atomic E-state index is 0.248. The molecule has 0 aromatic heterocycles. The molecule has 2 amide bonds. The lowest BCUT2D eigenvalue weighted by Crippen LogP contribution is -2.36. The normalized spacial score (nSPS) is 14.2. The Bertz CT molecular complexity index is 806. The third-order valence-electron chi connectivity index (χ3n) is 4.82. The van der Waals surface area contributed by atoms with Crippen LogP contribution in [0.5, 0.6) is 11.5 Å². The molecular weight excluding hydrogens is 335 g/mol. The van der Waals surface area contributed by atoms with Gasteiger partial charge in [0.05, 0.1) is 13.2 Å². The number of ether oxygens (including phenoxy) is 2. The maximum atomic E-state index is 13.6. The molecule has 26 heavy (non-hydrogen) atoms. The van der Waals surface area contributed by atoms with Crippen molar-refractivity contribution in [3.63, 3.8) is 0 Å². The summed E-state index contributed by atoms with van der Waals surface area (Å²) in [7, 11) is 0. The second kappa shape index (κ2) is 7.23. The number of halogens is 1. The first-order valence-corrected chi connectivity index (χ1v) is 8.90. The summed E-state index contributed by atoms with van der Waals surface area (Å²) in [5.74, 6) is 1.55. The number of fused-ring (bicyclic) bond motifs is 2. The standard InChI is InChI=1S/C20H21FN2O3/c21-17-4-2-1-3-13(17)5-8-22-20(24)23-12-16-15-7-10-25-18(15)11-14-6-9-26-19(14)16/h1-4,11H,5-10,12H2,(H2,22,23,24). The summed E-state index contributed by atoms with van der Waals surface area (Å²) in [6, 6.07) is 8.38. The van der Waals surface area contributed by atoms with E-state index in [2.05, 4.69) is 16.7 Å². The molecule has 2 aromatic rings. The van der Waals surface area contributed by atoms with Gasteiger partial charge in [-0.3, -0.25) is 0 Å². The van der Waals surface area contributed by atoms with Gasteiger partial charge in [-0.2, -0.15) is 0 Å². The van der Waals surface area contributed by atoms with E-state index in [0.29, 0.717) is 38.3 Å². The van der Waals surface area contributed by atoms with E-state index in [1.165, 1.54) is 6.07 Å². The van der Waals surface area contributed by atoms with Crippen LogP contribution in [0, 0.1) is 5.82 Å². The van der Waals surface area contributed by atoms with Gasteiger partial charge in [-0.25, -0.2) is 9.18 Å². The van der Waals surface area contributed by atoms with Gasteiger partial charge in [0.2, 0.25) is 0 Å². The number of urea groups is 1. The van der Waals surface area contributed by atoms with E-state index >= 15 is 0 Å². The Hall–Kier alpha value is -2.76. The number of hydrogen-bond donors (Lipinski definition) is 2. The van der Waals surface area contributed by atoms with Gasteiger partial charge in [-0.1, -0.05) is 18.2 Å². The Morgan fingerprint density at radius 3 is 2.85 bits per heavy atom. The number of nitrogens with one attached hydrogen (secondary N) is 2. The van der Waals surface area contributed by atoms with Crippen LogP contribution in [0.25, 0.3) is 0 Å². The highest BCUT2D eigenvalue weighted by Gasteiger charge is 2.26. The first kappa shape index (κ1) is 16.7. The molecule has 0 saturated carbocycles. The van der Waals surface area contributed by atoms with Gasteiger partial charge < -0.3 is 20.1 Å². The third kappa shape index (κ3) is 3.31. The lowest BCUT2D eigenvalue weighted by molar-refractivity contribution is 0.240. The van der Waals surface area contributed by atoms with E-state index in [9.17, 15) is 9.18 Å². The smallest absolute Gasteiger partial charge is 0.315 e. The molecule has 6 heteroatoms. The molecule has 136 valence electrons. The van der Waals surface area contributed by atoms with Crippen LogP contribution in [-0.4, -0.2) is 25.8 Å². The minimum atomic E-state index is -0.274. The Balaban J connectivity index is 1.35. The molecule has 2 aromatic carbocycles. The molecule has 0 spiro atoms. The van der Waals surface area contributed by atoms with E-state index in [1.807, 2.05) is 0 Å². The van der Waals surface area contributed by atoms with Gasteiger partial charge in [0, 0.05) is 42.6 Å². The van der Waals surface area contributed by atoms with Gasteiger partial charge in [0.1, 0.15) is 17.3 Å². The third-order valence-corrected chi connectivity index (χ3v) is 4.82. The predicted octanol–water partition coefficient (Wildman–Crippen LogP) is 2.74. The Morgan fingerprint density at radius 2 is 1.96 bits per heavy atom. The summed E-state index contributed by atoms with van der Waals surface area (Å²) in [6.45, 7) is 2.10. The van der Waals surface area contributed by atoms with E-state index in [1.54, 1.807) is 18.2 Å². The fraction of sp³-hybridized carbons (Fsp3) is 0.350. The molecular formula is C20H21FN2O3. The van der Waals surface area contributed by atoms with E-state index < -0.39 is 0 Å². The lowest BCUT2D eigenvalue weighted by atomic mass is 9.99. The SMILES string of the molecule is O=C(NCCc1ccccc1F)NCc1c2c(cc3c1OCC3)OCC2. The van der Waals surface area contributed by atoms with E-state index in [-0.39, 0.29) is 11.8 Å². The number of amides is 2. The van der Waals surface area contributed by atoms with Crippen LogP contribution in [-0.2, 0) is 25.8 Å². The first-order chi connectivity index (χ1) is 12.7. The maximum absolute atomic E-state index is 13.6. The number of carbonyl (C=O) groups is 1. The summed E-state index contributed by atoms with van der Waals surface area (Å²) in [4.78, 5) is 12.1. The number of benzene rings is 2. The van der Waals surface area contributed by atoms with Gasteiger partial charge in [0.15, 0.2) is 0 Å². The topological polar surface area (TPSA) is 59.6 Å². The number of hydrogen-bond acceptors (Lipinski definition) is 3. The largest absolute Gasteiger partial charge is 0.493 e. The van der Waals surface area contributed by atoms with Crippen LogP contribution in [0.4, 0.5) is 9.18 Å². The molecule has 0 fully saturated rings. The van der Waals surface area contributed by atoms with Crippen molar-refractivity contribution in [1.82, 2.24) is 10.6 Å². The van der Waals surface area contributed by atoms with Crippen LogP contribution in [0.1, 0.15) is 22.3 Å². The zero-order chi connectivity index (χ0) is 17.9. The average Bonchev–Trinajstić information content (AvgIpc) is 3.29. The van der Waals surface area contributed by atoms with Gasteiger partial charge in [0.25, 0.3) is 0 Å². The molecule has 0 aliphatic carbocycles. The molecule has 0 radical (unpaired) electrons. The Morgan fingerprint density at radius 1 is 1.12 bits per heavy atom. The summed E-state index contributed by atoms with van der Waals surface area (Å²) in [5, 5.41) is 5.66. The Kier molecular flexibility index (Phi) is 4.65. The molecule has 5 nitrogen and oxygen atoms in total. The zero-order valence-corrected chi connectivity index (χ0v) is 14.4. The second-order valence-corrected chi connectivity index (χ2v) is 6.47. The maximum Gasteiger partial charge on any atom is 0.315 e. The minimum Gasteiger partial charge on any atom is -0.493 e. The van der Waals surface area contributed by atoms with Crippen molar-refractivity contribution in [3.8, 4) is 11.5 Å². The molecule has 0 unspecified atom stereocenters. The Labute approximate surface area is 151 Å². The highest BCUT2D eigenvalue weighted by atomic mass is 19.1. The highest BCUT2D eigenvalue weighted by molar-refractivity contribution is 5.74. The van der Waals surface area contributed by atoms with Gasteiger partial charge >= 0.3 is 6.03 Å². The van der Waals surface area contributed by atoms with Crippen molar-refractivity contribution in [2.45, 2.75) is 25.8 Å². The summed E-state index contributed by atoms with van der Waals surface area (Å²) in [5.41, 5.74) is 3.87. The molecule has 2 aliphatic rings. The lowest BCUT2D eigenvalue weighted by Gasteiger charge is -2.14. The fourth-order valence-corrected chi connectivity index (χ4v) is 3.51. The van der Waals surface area contributed by atoms with Crippen LogP contribution in [0.2, 0.25) is 0 Å². The van der Waals surface area contributed by atoms with Crippen LogP contribution < -0.4 is 20.1 Å². The second-order valence-electron chi connectivity index (χ2n) is 6.47. The summed E-state index contributed by atoms with van der Waals surface area (Å²) >= 11 is 0. The van der Waals surface area contributed by atoms with Crippen LogP contribution >= 0.6 is 0 Å². The molecule has 2 heterocycles. The predicted molar refractivity (Wildman–Crippen MR) is 95.2 cm³/mol. The van der Waals surface area contributed by atoms with Gasteiger partial charge in [-0.05, 0) is 24.1 Å². The first-order valence-electron chi connectivity index (χ1n) is 8.90. The quantitative estimate of drug-likeness (QED) is 0.866. The van der Waals surface area contributed by atoms with Gasteiger partial charge in [-0.15, -0.1) is 0 Å². The molecule has 2 N–H and O–H groups in total. The highest BCUT2D eigenvalue weighted by Crippen LogP contribution is 2.40. The molecule has 4 rings (SSSR count). The number of rotatable bonds is 5. The monoisotopic (exact) mass is 356 g/mol. The molecule has 2 aliphatic heterocycles. The zero-order valence-electron chi connectivity index (χ0n) is 14.4. The summed E-state index contributed by atoms with van der Waals surface area (Å²) in [6.07, 6.45) is 2.15. The van der Waals surface area contributed by atoms with Crippen molar-refractivity contribution in [2.24, 2.45) is 0 Å². The summed E-state index contributed by atoms with van der Waals surface area (Å²) < 4.78 is 25.0. The molecule has 0 saturated heterocycles. The van der Waals surface area contributed by atoms with E-state index in [4.69, 9.17) is 9.47 Å². The molecule has 0 bridgehead atoms. The average molecular weight is 356 g/mol. The van der Waals surface area contributed by atoms with Crippen molar-refractivity contribution < 1.29 is 18.7 Å². The van der Waals surface area contributed by atoms with Crippen molar-refractivity contribution >= 4 is 6.03 Å². The van der Waals surface area contributed by atoms with Crippen LogP contribution in [0.15, 0.2) is 30.3 Å².